The lowest BCUT2D eigenvalue weighted by atomic mass is 10.1. The van der Waals surface area contributed by atoms with Crippen LogP contribution in [0, 0.1) is 0 Å². The molecule has 2 aromatic carbocycles. The van der Waals surface area contributed by atoms with Crippen LogP contribution in [0.15, 0.2) is 66.0 Å². The van der Waals surface area contributed by atoms with E-state index in [1.807, 2.05) is 60.7 Å². The molecule has 0 bridgehead atoms. The number of nitrogens with one attached hydrogen (secondary N) is 2. The molecule has 0 saturated carbocycles. The van der Waals surface area contributed by atoms with Crippen LogP contribution in [0.2, 0.25) is 0 Å². The van der Waals surface area contributed by atoms with Gasteiger partial charge in [0, 0.05) is 11.1 Å². The second-order valence-electron chi connectivity index (χ2n) is 5.45. The van der Waals surface area contributed by atoms with E-state index in [1.54, 1.807) is 5.38 Å². The van der Waals surface area contributed by atoms with Crippen molar-refractivity contribution in [2.45, 2.75) is 12.8 Å². The summed E-state index contributed by atoms with van der Waals surface area (Å²) in [5, 5.41) is 7.87. The van der Waals surface area contributed by atoms with Crippen molar-refractivity contribution in [1.82, 2.24) is 4.98 Å². The summed E-state index contributed by atoms with van der Waals surface area (Å²) in [5.74, 6) is -0.264. The lowest BCUT2D eigenvalue weighted by Crippen LogP contribution is -2.15. The van der Waals surface area contributed by atoms with Gasteiger partial charge in [0.05, 0.1) is 18.5 Å². The highest BCUT2D eigenvalue weighted by molar-refractivity contribution is 7.13. The summed E-state index contributed by atoms with van der Waals surface area (Å²) < 4.78 is 0. The molecule has 2 N–H and O–H groups in total. The van der Waals surface area contributed by atoms with Gasteiger partial charge in [0.2, 0.25) is 11.8 Å². The van der Waals surface area contributed by atoms with Crippen LogP contribution in [0.5, 0.6) is 0 Å². The first-order valence-corrected chi connectivity index (χ1v) is 8.70. The van der Waals surface area contributed by atoms with Gasteiger partial charge in [0.1, 0.15) is 0 Å². The maximum Gasteiger partial charge on any atom is 0.230 e. The van der Waals surface area contributed by atoms with E-state index in [0.29, 0.717) is 17.2 Å². The molecule has 5 nitrogen and oxygen atoms in total. The fraction of sp³-hybridized carbons (Fsp3) is 0.105. The van der Waals surface area contributed by atoms with Gasteiger partial charge in [0.25, 0.3) is 0 Å². The predicted molar refractivity (Wildman–Crippen MR) is 99.7 cm³/mol. The van der Waals surface area contributed by atoms with E-state index in [1.165, 1.54) is 11.3 Å². The van der Waals surface area contributed by atoms with Crippen molar-refractivity contribution in [2.24, 2.45) is 0 Å². The number of amides is 2. The van der Waals surface area contributed by atoms with Gasteiger partial charge in [0.15, 0.2) is 5.13 Å². The monoisotopic (exact) mass is 351 g/mol. The zero-order valence-corrected chi connectivity index (χ0v) is 14.3. The van der Waals surface area contributed by atoms with Gasteiger partial charge in [-0.05, 0) is 17.7 Å². The topological polar surface area (TPSA) is 71.1 Å². The van der Waals surface area contributed by atoms with Gasteiger partial charge in [-0.25, -0.2) is 4.98 Å². The molecule has 3 aromatic rings. The van der Waals surface area contributed by atoms with Crippen molar-refractivity contribution in [3.63, 3.8) is 0 Å². The molecular weight excluding hydrogens is 334 g/mol. The van der Waals surface area contributed by atoms with Gasteiger partial charge in [-0.15, -0.1) is 11.3 Å². The fourth-order valence-electron chi connectivity index (χ4n) is 2.28. The van der Waals surface area contributed by atoms with E-state index in [-0.39, 0.29) is 18.2 Å². The number of nitrogens with zero attached hydrogens (tertiary/aromatic N) is 1. The minimum atomic E-state index is -0.140. The Morgan fingerprint density at radius 3 is 2.20 bits per heavy atom. The molecule has 0 fully saturated rings. The Morgan fingerprint density at radius 2 is 1.48 bits per heavy atom. The molecule has 0 unspecified atom stereocenters. The van der Waals surface area contributed by atoms with E-state index in [0.717, 1.165) is 11.3 Å². The number of carbonyl (C=O) groups is 2. The normalized spacial score (nSPS) is 10.2. The maximum atomic E-state index is 12.0. The van der Waals surface area contributed by atoms with Crippen molar-refractivity contribution in [1.29, 1.82) is 0 Å². The molecule has 0 aliphatic carbocycles. The van der Waals surface area contributed by atoms with E-state index in [2.05, 4.69) is 15.6 Å². The summed E-state index contributed by atoms with van der Waals surface area (Å²) in [6, 6.07) is 18.8. The molecule has 0 aliphatic rings. The van der Waals surface area contributed by atoms with Gasteiger partial charge < -0.3 is 10.6 Å². The number of carbonyl (C=O) groups excluding carboxylic acids is 2. The van der Waals surface area contributed by atoms with Crippen molar-refractivity contribution in [3.05, 3.63) is 77.3 Å². The molecule has 1 heterocycles. The Kier molecular flexibility index (Phi) is 5.53. The number of thiazole rings is 1. The first kappa shape index (κ1) is 16.9. The smallest absolute Gasteiger partial charge is 0.230 e. The van der Waals surface area contributed by atoms with Crippen LogP contribution in [0.3, 0.4) is 0 Å². The van der Waals surface area contributed by atoms with Crippen LogP contribution >= 0.6 is 11.3 Å². The highest BCUT2D eigenvalue weighted by atomic mass is 32.1. The van der Waals surface area contributed by atoms with Gasteiger partial charge >= 0.3 is 0 Å². The summed E-state index contributed by atoms with van der Waals surface area (Å²) >= 11 is 1.31. The maximum absolute atomic E-state index is 12.0. The summed E-state index contributed by atoms with van der Waals surface area (Å²) in [4.78, 5) is 28.4. The van der Waals surface area contributed by atoms with E-state index in [9.17, 15) is 9.59 Å². The van der Waals surface area contributed by atoms with Gasteiger partial charge in [-0.2, -0.15) is 0 Å². The molecule has 6 heteroatoms. The number of benzene rings is 2. The molecule has 25 heavy (non-hydrogen) atoms. The molecule has 1 aromatic heterocycles. The standard InChI is InChI=1S/C19H17N3O2S/c23-17(11-14-7-3-1-4-8-14)22-19-21-16(13-25-19)12-18(24)20-15-9-5-2-6-10-15/h1-10,13H,11-12H2,(H,20,24)(H,21,22,23). The molecule has 126 valence electrons. The summed E-state index contributed by atoms with van der Waals surface area (Å²) in [7, 11) is 0. The average molecular weight is 351 g/mol. The Hall–Kier alpha value is -2.99. The summed E-state index contributed by atoms with van der Waals surface area (Å²) in [5.41, 5.74) is 2.33. The van der Waals surface area contributed by atoms with Crippen LogP contribution in [-0.2, 0) is 22.4 Å². The minimum absolute atomic E-state index is 0.124. The Labute approximate surface area is 149 Å². The zero-order valence-electron chi connectivity index (χ0n) is 13.4. The highest BCUT2D eigenvalue weighted by Gasteiger charge is 2.10. The molecule has 0 aliphatic heterocycles. The Morgan fingerprint density at radius 1 is 0.840 bits per heavy atom. The number of rotatable bonds is 6. The quantitative estimate of drug-likeness (QED) is 0.714. The Balaban J connectivity index is 1.52. The third-order valence-electron chi connectivity index (χ3n) is 3.40. The first-order valence-electron chi connectivity index (χ1n) is 7.82. The number of hydrogen-bond donors (Lipinski definition) is 2. The second-order valence-corrected chi connectivity index (χ2v) is 6.30. The highest BCUT2D eigenvalue weighted by Crippen LogP contribution is 2.17. The van der Waals surface area contributed by atoms with Crippen molar-refractivity contribution < 1.29 is 9.59 Å². The van der Waals surface area contributed by atoms with E-state index >= 15 is 0 Å². The molecule has 3 rings (SSSR count). The molecule has 0 saturated heterocycles. The summed E-state index contributed by atoms with van der Waals surface area (Å²) in [6.07, 6.45) is 0.462. The average Bonchev–Trinajstić information content (AvgIpc) is 3.03. The minimum Gasteiger partial charge on any atom is -0.326 e. The third kappa shape index (κ3) is 5.26. The lowest BCUT2D eigenvalue weighted by Gasteiger charge is -2.03. The van der Waals surface area contributed by atoms with Crippen LogP contribution in [0.25, 0.3) is 0 Å². The van der Waals surface area contributed by atoms with Crippen molar-refractivity contribution in [2.75, 3.05) is 10.6 Å². The molecule has 2 amide bonds. The lowest BCUT2D eigenvalue weighted by molar-refractivity contribution is -0.116. The predicted octanol–water partition coefficient (Wildman–Crippen LogP) is 3.51. The fourth-order valence-corrected chi connectivity index (χ4v) is 3.01. The van der Waals surface area contributed by atoms with Crippen LogP contribution in [-0.4, -0.2) is 16.8 Å². The van der Waals surface area contributed by atoms with E-state index < -0.39 is 0 Å². The SMILES string of the molecule is O=C(Cc1csc(NC(=O)Cc2ccccc2)n1)Nc1ccccc1. The molecule has 0 radical (unpaired) electrons. The van der Waals surface area contributed by atoms with Crippen LogP contribution < -0.4 is 10.6 Å². The molecular formula is C19H17N3O2S. The number of hydrogen-bond acceptors (Lipinski definition) is 4. The summed E-state index contributed by atoms with van der Waals surface area (Å²) in [6.45, 7) is 0. The molecule has 0 spiro atoms. The van der Waals surface area contributed by atoms with Crippen molar-refractivity contribution in [3.8, 4) is 0 Å². The largest absolute Gasteiger partial charge is 0.326 e. The first-order chi connectivity index (χ1) is 12.2. The second kappa shape index (κ2) is 8.21. The van der Waals surface area contributed by atoms with Gasteiger partial charge in [-0.3, -0.25) is 9.59 Å². The number of aromatic nitrogens is 1. The van der Waals surface area contributed by atoms with Crippen LogP contribution in [0.1, 0.15) is 11.3 Å². The van der Waals surface area contributed by atoms with Gasteiger partial charge in [-0.1, -0.05) is 48.5 Å². The van der Waals surface area contributed by atoms with Crippen molar-refractivity contribution >= 4 is 34.0 Å². The molecule has 0 atom stereocenters. The zero-order chi connectivity index (χ0) is 17.5. The Bertz CT molecular complexity index is 777. The third-order valence-corrected chi connectivity index (χ3v) is 4.21. The number of anilines is 2. The number of para-hydroxylation sites is 1. The van der Waals surface area contributed by atoms with Crippen LogP contribution in [0.4, 0.5) is 10.8 Å². The van der Waals surface area contributed by atoms with E-state index in [4.69, 9.17) is 0 Å².